The maximum absolute atomic E-state index is 11.3. The van der Waals surface area contributed by atoms with Gasteiger partial charge in [0.1, 0.15) is 5.75 Å². The predicted octanol–water partition coefficient (Wildman–Crippen LogP) is 4.37. The lowest BCUT2D eigenvalue weighted by molar-refractivity contribution is -0.127. The molecule has 0 aliphatic heterocycles. The number of unbranched alkanes of at least 4 members (excludes halogenated alkanes) is 1. The Hall–Kier alpha value is -3.09. The summed E-state index contributed by atoms with van der Waals surface area (Å²) < 4.78 is 11.0. The first-order valence-electron chi connectivity index (χ1n) is 9.83. The van der Waals surface area contributed by atoms with E-state index in [9.17, 15) is 9.59 Å². The SMILES string of the molecule is CC(=O)N(C)CCCCC(C)c1cc(C)cc(Oc2ccc3[nH]c(=O)oc3c2)n1. The summed E-state index contributed by atoms with van der Waals surface area (Å²) in [4.78, 5) is 31.6. The molecule has 1 atom stereocenters. The number of hydrogen-bond acceptors (Lipinski definition) is 5. The zero-order chi connectivity index (χ0) is 21.0. The zero-order valence-corrected chi connectivity index (χ0v) is 17.3. The van der Waals surface area contributed by atoms with Gasteiger partial charge in [0.15, 0.2) is 5.58 Å². The summed E-state index contributed by atoms with van der Waals surface area (Å²) >= 11 is 0. The van der Waals surface area contributed by atoms with Gasteiger partial charge in [-0.05, 0) is 49.4 Å². The number of pyridine rings is 1. The van der Waals surface area contributed by atoms with Crippen molar-refractivity contribution in [2.24, 2.45) is 0 Å². The van der Waals surface area contributed by atoms with E-state index in [1.165, 1.54) is 0 Å². The third-order valence-electron chi connectivity index (χ3n) is 5.00. The van der Waals surface area contributed by atoms with Crippen LogP contribution >= 0.6 is 0 Å². The van der Waals surface area contributed by atoms with Gasteiger partial charge in [0.05, 0.1) is 5.52 Å². The second kappa shape index (κ2) is 8.94. The highest BCUT2D eigenvalue weighted by atomic mass is 16.5. The molecule has 0 radical (unpaired) electrons. The van der Waals surface area contributed by atoms with Gasteiger partial charge in [-0.25, -0.2) is 9.78 Å². The molecule has 3 rings (SSSR count). The van der Waals surface area contributed by atoms with Gasteiger partial charge in [-0.15, -0.1) is 0 Å². The molecule has 29 heavy (non-hydrogen) atoms. The Morgan fingerprint density at radius 1 is 1.28 bits per heavy atom. The average molecular weight is 397 g/mol. The number of hydrogen-bond donors (Lipinski definition) is 1. The first-order chi connectivity index (χ1) is 13.8. The zero-order valence-electron chi connectivity index (χ0n) is 17.3. The van der Waals surface area contributed by atoms with Crippen LogP contribution in [-0.4, -0.2) is 34.4 Å². The van der Waals surface area contributed by atoms with Crippen molar-refractivity contribution in [3.63, 3.8) is 0 Å². The topological polar surface area (TPSA) is 88.4 Å². The number of aromatic nitrogens is 2. The van der Waals surface area contributed by atoms with Crippen LogP contribution in [0.1, 0.15) is 50.3 Å². The Morgan fingerprint density at radius 3 is 2.83 bits per heavy atom. The molecule has 0 aliphatic rings. The Balaban J connectivity index is 1.65. The Bertz CT molecular complexity index is 1050. The smallest absolute Gasteiger partial charge is 0.417 e. The number of amides is 1. The highest BCUT2D eigenvalue weighted by Gasteiger charge is 2.12. The fraction of sp³-hybridized carbons (Fsp3) is 0.409. The van der Waals surface area contributed by atoms with Crippen LogP contribution in [0.5, 0.6) is 11.6 Å². The van der Waals surface area contributed by atoms with Crippen LogP contribution in [0.2, 0.25) is 0 Å². The third kappa shape index (κ3) is 5.47. The number of aromatic amines is 1. The Labute approximate surface area is 169 Å². The summed E-state index contributed by atoms with van der Waals surface area (Å²) in [7, 11) is 1.83. The van der Waals surface area contributed by atoms with Crippen LogP contribution in [-0.2, 0) is 4.79 Å². The standard InChI is InChI=1S/C22H27N3O4/c1-14-11-19(15(2)7-5-6-10-25(4)16(3)26)23-21(12-14)28-17-8-9-18-20(13-17)29-22(27)24-18/h8-9,11-13,15H,5-7,10H2,1-4H3,(H,24,27). The molecule has 0 spiro atoms. The lowest BCUT2D eigenvalue weighted by atomic mass is 9.99. The van der Waals surface area contributed by atoms with Crippen LogP contribution in [0.15, 0.2) is 39.5 Å². The number of ether oxygens (including phenoxy) is 1. The van der Waals surface area contributed by atoms with E-state index in [4.69, 9.17) is 9.15 Å². The quantitative estimate of drug-likeness (QED) is 0.570. The monoisotopic (exact) mass is 397 g/mol. The van der Waals surface area contributed by atoms with E-state index in [-0.39, 0.29) is 11.8 Å². The van der Waals surface area contributed by atoms with Crippen LogP contribution in [0.3, 0.4) is 0 Å². The molecule has 1 amide bonds. The van der Waals surface area contributed by atoms with Gasteiger partial charge in [-0.3, -0.25) is 9.78 Å². The first kappa shape index (κ1) is 20.6. The highest BCUT2D eigenvalue weighted by Crippen LogP contribution is 2.27. The van der Waals surface area contributed by atoms with Crippen molar-refractivity contribution in [2.45, 2.75) is 46.0 Å². The van der Waals surface area contributed by atoms with E-state index in [1.54, 1.807) is 30.0 Å². The number of benzene rings is 1. The van der Waals surface area contributed by atoms with Gasteiger partial charge in [0.2, 0.25) is 11.8 Å². The molecular weight excluding hydrogens is 370 g/mol. The van der Waals surface area contributed by atoms with Crippen molar-refractivity contribution in [1.29, 1.82) is 0 Å². The van der Waals surface area contributed by atoms with Crippen molar-refractivity contribution < 1.29 is 13.9 Å². The minimum atomic E-state index is -0.489. The lowest BCUT2D eigenvalue weighted by Crippen LogP contribution is -2.24. The minimum Gasteiger partial charge on any atom is -0.439 e. The average Bonchev–Trinajstić information content (AvgIpc) is 3.03. The molecule has 0 saturated heterocycles. The Morgan fingerprint density at radius 2 is 2.07 bits per heavy atom. The summed E-state index contributed by atoms with van der Waals surface area (Å²) in [5.41, 5.74) is 3.13. The lowest BCUT2D eigenvalue weighted by Gasteiger charge is -2.16. The van der Waals surface area contributed by atoms with E-state index in [2.05, 4.69) is 23.0 Å². The van der Waals surface area contributed by atoms with Crippen molar-refractivity contribution >= 4 is 17.0 Å². The van der Waals surface area contributed by atoms with Crippen LogP contribution in [0, 0.1) is 6.92 Å². The van der Waals surface area contributed by atoms with E-state index in [1.807, 2.05) is 20.0 Å². The number of fused-ring (bicyclic) bond motifs is 1. The molecule has 0 saturated carbocycles. The summed E-state index contributed by atoms with van der Waals surface area (Å²) in [5, 5.41) is 0. The molecule has 0 bridgehead atoms. The second-order valence-corrected chi connectivity index (χ2v) is 7.52. The largest absolute Gasteiger partial charge is 0.439 e. The third-order valence-corrected chi connectivity index (χ3v) is 5.00. The molecule has 1 aromatic carbocycles. The van der Waals surface area contributed by atoms with Crippen molar-refractivity contribution in [1.82, 2.24) is 14.9 Å². The number of carbonyl (C=O) groups excluding carboxylic acids is 1. The highest BCUT2D eigenvalue weighted by molar-refractivity contribution is 5.74. The fourth-order valence-corrected chi connectivity index (χ4v) is 3.18. The molecule has 3 aromatic rings. The number of rotatable bonds is 8. The number of nitrogens with zero attached hydrogens (tertiary/aromatic N) is 2. The van der Waals surface area contributed by atoms with E-state index in [0.29, 0.717) is 22.7 Å². The van der Waals surface area contributed by atoms with E-state index < -0.39 is 5.76 Å². The summed E-state index contributed by atoms with van der Waals surface area (Å²) in [6, 6.07) is 9.15. The fourth-order valence-electron chi connectivity index (χ4n) is 3.18. The number of H-pyrrole nitrogens is 1. The molecule has 2 heterocycles. The predicted molar refractivity (Wildman–Crippen MR) is 111 cm³/mol. The van der Waals surface area contributed by atoms with Gasteiger partial charge in [0.25, 0.3) is 0 Å². The van der Waals surface area contributed by atoms with Crippen molar-refractivity contribution in [2.75, 3.05) is 13.6 Å². The minimum absolute atomic E-state index is 0.0947. The molecule has 154 valence electrons. The van der Waals surface area contributed by atoms with Crippen LogP contribution in [0.4, 0.5) is 0 Å². The van der Waals surface area contributed by atoms with Crippen LogP contribution < -0.4 is 10.5 Å². The van der Waals surface area contributed by atoms with Crippen LogP contribution in [0.25, 0.3) is 11.1 Å². The van der Waals surface area contributed by atoms with E-state index >= 15 is 0 Å². The first-order valence-corrected chi connectivity index (χ1v) is 9.83. The van der Waals surface area contributed by atoms with Gasteiger partial charge < -0.3 is 14.1 Å². The summed E-state index contributed by atoms with van der Waals surface area (Å²) in [6.45, 7) is 6.53. The molecule has 2 aromatic heterocycles. The Kier molecular flexibility index (Phi) is 6.36. The summed E-state index contributed by atoms with van der Waals surface area (Å²) in [5.74, 6) is 0.961. The van der Waals surface area contributed by atoms with E-state index in [0.717, 1.165) is 37.1 Å². The van der Waals surface area contributed by atoms with Crippen molar-refractivity contribution in [3.8, 4) is 11.6 Å². The number of aryl methyl sites for hydroxylation is 1. The van der Waals surface area contributed by atoms with Gasteiger partial charge in [0, 0.05) is 38.3 Å². The molecule has 1 N–H and O–H groups in total. The molecular formula is C22H27N3O4. The van der Waals surface area contributed by atoms with Crippen molar-refractivity contribution in [3.05, 3.63) is 52.1 Å². The maximum Gasteiger partial charge on any atom is 0.417 e. The second-order valence-electron chi connectivity index (χ2n) is 7.52. The molecule has 0 fully saturated rings. The normalized spacial score (nSPS) is 12.1. The van der Waals surface area contributed by atoms with Gasteiger partial charge >= 0.3 is 5.76 Å². The number of nitrogens with one attached hydrogen (secondary N) is 1. The molecule has 7 nitrogen and oxygen atoms in total. The number of carbonyl (C=O) groups is 1. The number of oxazole rings is 1. The van der Waals surface area contributed by atoms with Gasteiger partial charge in [-0.1, -0.05) is 13.3 Å². The summed E-state index contributed by atoms with van der Waals surface area (Å²) in [6.07, 6.45) is 2.98. The molecule has 0 aliphatic carbocycles. The molecule has 1 unspecified atom stereocenters. The molecule has 7 heteroatoms. The van der Waals surface area contributed by atoms with Gasteiger partial charge in [-0.2, -0.15) is 0 Å². The maximum atomic E-state index is 11.3.